The van der Waals surface area contributed by atoms with E-state index in [1.54, 1.807) is 14.2 Å². The topological polar surface area (TPSA) is 18.5 Å². The Kier molecular flexibility index (Phi) is 4.95. The number of aryl methyl sites for hydroxylation is 1. The Morgan fingerprint density at radius 3 is 2.35 bits per heavy atom. The molecule has 0 N–H and O–H groups in total. The van der Waals surface area contributed by atoms with Crippen LogP contribution in [0, 0.1) is 6.92 Å². The van der Waals surface area contributed by atoms with E-state index in [9.17, 15) is 0 Å². The lowest BCUT2D eigenvalue weighted by Gasteiger charge is -2.17. The Labute approximate surface area is 132 Å². The van der Waals surface area contributed by atoms with E-state index in [-0.39, 0.29) is 5.38 Å². The zero-order valence-corrected chi connectivity index (χ0v) is 14.0. The summed E-state index contributed by atoms with van der Waals surface area (Å²) in [6.07, 6.45) is 0. The van der Waals surface area contributed by atoms with Crippen molar-refractivity contribution in [3.8, 4) is 11.5 Å². The molecule has 2 nitrogen and oxygen atoms in total. The number of hydrogen-bond donors (Lipinski definition) is 0. The predicted molar refractivity (Wildman–Crippen MR) is 86.1 cm³/mol. The van der Waals surface area contributed by atoms with Crippen molar-refractivity contribution in [3.05, 3.63) is 57.6 Å². The van der Waals surface area contributed by atoms with Crippen molar-refractivity contribution in [2.45, 2.75) is 12.3 Å². The maximum atomic E-state index is 6.64. The van der Waals surface area contributed by atoms with E-state index in [1.807, 2.05) is 43.3 Å². The summed E-state index contributed by atoms with van der Waals surface area (Å²) in [7, 11) is 3.30. The highest BCUT2D eigenvalue weighted by Gasteiger charge is 2.18. The smallest absolute Gasteiger partial charge is 0.123 e. The van der Waals surface area contributed by atoms with Gasteiger partial charge in [-0.25, -0.2) is 0 Å². The molecule has 1 atom stereocenters. The number of methoxy groups -OCH3 is 2. The summed E-state index contributed by atoms with van der Waals surface area (Å²) in [6.45, 7) is 2.04. The molecule has 0 spiro atoms. The first kappa shape index (κ1) is 15.2. The van der Waals surface area contributed by atoms with Crippen LogP contribution in [-0.4, -0.2) is 14.2 Å². The van der Waals surface area contributed by atoms with Crippen LogP contribution in [0.2, 0.25) is 0 Å². The van der Waals surface area contributed by atoms with Gasteiger partial charge in [-0.1, -0.05) is 39.7 Å². The lowest BCUT2D eigenvalue weighted by atomic mass is 10.0. The van der Waals surface area contributed by atoms with Crippen molar-refractivity contribution in [2.24, 2.45) is 0 Å². The summed E-state index contributed by atoms with van der Waals surface area (Å²) in [5, 5.41) is -0.287. The van der Waals surface area contributed by atoms with Crippen LogP contribution in [0.15, 0.2) is 40.9 Å². The highest BCUT2D eigenvalue weighted by molar-refractivity contribution is 9.10. The van der Waals surface area contributed by atoms with Gasteiger partial charge in [0.2, 0.25) is 0 Å². The van der Waals surface area contributed by atoms with E-state index in [0.717, 1.165) is 32.7 Å². The van der Waals surface area contributed by atoms with Gasteiger partial charge in [-0.05, 0) is 30.7 Å². The third kappa shape index (κ3) is 3.10. The van der Waals surface area contributed by atoms with Crippen LogP contribution in [0.4, 0.5) is 0 Å². The molecule has 0 aliphatic carbocycles. The van der Waals surface area contributed by atoms with Crippen LogP contribution < -0.4 is 9.47 Å². The van der Waals surface area contributed by atoms with Gasteiger partial charge in [0, 0.05) is 10.0 Å². The number of ether oxygens (including phenoxy) is 2. The Morgan fingerprint density at radius 1 is 1.00 bits per heavy atom. The van der Waals surface area contributed by atoms with Crippen LogP contribution in [0.1, 0.15) is 22.1 Å². The summed E-state index contributed by atoms with van der Waals surface area (Å²) in [5.41, 5.74) is 3.09. The molecule has 1 unspecified atom stereocenters. The molecule has 2 rings (SSSR count). The Hall–Kier alpha value is -1.19. The molecule has 4 heteroatoms. The van der Waals surface area contributed by atoms with Crippen LogP contribution in [0.3, 0.4) is 0 Å². The molecule has 0 aromatic heterocycles. The fraction of sp³-hybridized carbons (Fsp3) is 0.250. The maximum Gasteiger partial charge on any atom is 0.123 e. The van der Waals surface area contributed by atoms with Crippen LogP contribution in [-0.2, 0) is 0 Å². The van der Waals surface area contributed by atoms with Crippen molar-refractivity contribution < 1.29 is 9.47 Å². The summed E-state index contributed by atoms with van der Waals surface area (Å²) < 4.78 is 11.5. The van der Waals surface area contributed by atoms with Gasteiger partial charge < -0.3 is 9.47 Å². The minimum Gasteiger partial charge on any atom is -0.497 e. The molecular formula is C16H16BrClO2. The summed E-state index contributed by atoms with van der Waals surface area (Å²) >= 11 is 10.2. The first-order valence-corrected chi connectivity index (χ1v) is 7.41. The van der Waals surface area contributed by atoms with Crippen molar-refractivity contribution >= 4 is 27.5 Å². The molecule has 0 saturated heterocycles. The fourth-order valence-electron chi connectivity index (χ4n) is 2.06. The number of hydrogen-bond acceptors (Lipinski definition) is 2. The quantitative estimate of drug-likeness (QED) is 0.710. The minimum atomic E-state index is -0.287. The molecule has 0 fully saturated rings. The second kappa shape index (κ2) is 6.51. The highest BCUT2D eigenvalue weighted by Crippen LogP contribution is 2.39. The van der Waals surface area contributed by atoms with Gasteiger partial charge in [0.25, 0.3) is 0 Å². The molecule has 106 valence electrons. The van der Waals surface area contributed by atoms with Gasteiger partial charge in [-0.2, -0.15) is 0 Å². The molecule has 2 aromatic carbocycles. The van der Waals surface area contributed by atoms with E-state index < -0.39 is 0 Å². The van der Waals surface area contributed by atoms with Crippen molar-refractivity contribution in [2.75, 3.05) is 14.2 Å². The van der Waals surface area contributed by atoms with Gasteiger partial charge in [-0.3, -0.25) is 0 Å². The van der Waals surface area contributed by atoms with Crippen molar-refractivity contribution in [1.82, 2.24) is 0 Å². The number of alkyl halides is 1. The summed E-state index contributed by atoms with van der Waals surface area (Å²) in [4.78, 5) is 0. The normalized spacial score (nSPS) is 12.1. The first-order valence-electron chi connectivity index (χ1n) is 6.19. The Bertz CT molecular complexity index is 613. The molecule has 0 aliphatic heterocycles. The van der Waals surface area contributed by atoms with Gasteiger partial charge in [0.15, 0.2) is 0 Å². The predicted octanol–water partition coefficient (Wildman–Crippen LogP) is 5.10. The summed E-state index contributed by atoms with van der Waals surface area (Å²) in [5.74, 6) is 1.58. The van der Waals surface area contributed by atoms with E-state index in [2.05, 4.69) is 15.9 Å². The van der Waals surface area contributed by atoms with Crippen LogP contribution in [0.25, 0.3) is 0 Å². The van der Waals surface area contributed by atoms with Crippen LogP contribution >= 0.6 is 27.5 Å². The van der Waals surface area contributed by atoms with Gasteiger partial charge in [0.05, 0.1) is 19.6 Å². The minimum absolute atomic E-state index is 0.287. The molecule has 0 heterocycles. The first-order chi connectivity index (χ1) is 9.56. The molecule has 0 bridgehead atoms. The molecular weight excluding hydrogens is 340 g/mol. The number of rotatable bonds is 4. The van der Waals surface area contributed by atoms with Gasteiger partial charge in [0.1, 0.15) is 11.5 Å². The lowest BCUT2D eigenvalue weighted by molar-refractivity contribution is 0.410. The molecule has 2 aromatic rings. The SMILES string of the molecule is COc1ccc(C(Cl)c2cc(C)ccc2OC)c(Br)c1. The molecule has 0 aliphatic rings. The zero-order chi connectivity index (χ0) is 14.7. The van der Waals surface area contributed by atoms with Gasteiger partial charge in [-0.15, -0.1) is 11.6 Å². The Morgan fingerprint density at radius 2 is 1.75 bits per heavy atom. The maximum absolute atomic E-state index is 6.64. The van der Waals surface area contributed by atoms with E-state index in [1.165, 1.54) is 0 Å². The van der Waals surface area contributed by atoms with E-state index in [0.29, 0.717) is 0 Å². The molecule has 20 heavy (non-hydrogen) atoms. The van der Waals surface area contributed by atoms with Crippen molar-refractivity contribution in [3.63, 3.8) is 0 Å². The third-order valence-electron chi connectivity index (χ3n) is 3.14. The van der Waals surface area contributed by atoms with Gasteiger partial charge >= 0.3 is 0 Å². The number of benzene rings is 2. The van der Waals surface area contributed by atoms with E-state index in [4.69, 9.17) is 21.1 Å². The average molecular weight is 356 g/mol. The largest absolute Gasteiger partial charge is 0.497 e. The second-order valence-corrected chi connectivity index (χ2v) is 5.79. The highest BCUT2D eigenvalue weighted by atomic mass is 79.9. The standard InChI is InChI=1S/C16H16BrClO2/c1-10-4-7-15(20-3)13(8-10)16(18)12-6-5-11(19-2)9-14(12)17/h4-9,16H,1-3H3. The number of halogens is 2. The van der Waals surface area contributed by atoms with E-state index >= 15 is 0 Å². The Balaban J connectivity index is 2.45. The monoisotopic (exact) mass is 354 g/mol. The molecule has 0 radical (unpaired) electrons. The fourth-order valence-corrected chi connectivity index (χ4v) is 3.14. The molecule has 0 saturated carbocycles. The zero-order valence-electron chi connectivity index (χ0n) is 11.6. The average Bonchev–Trinajstić information content (AvgIpc) is 2.46. The van der Waals surface area contributed by atoms with Crippen molar-refractivity contribution in [1.29, 1.82) is 0 Å². The lowest BCUT2D eigenvalue weighted by Crippen LogP contribution is -1.99. The van der Waals surface area contributed by atoms with Crippen LogP contribution in [0.5, 0.6) is 11.5 Å². The molecule has 0 amide bonds. The second-order valence-electron chi connectivity index (χ2n) is 4.50. The third-order valence-corrected chi connectivity index (χ3v) is 4.30. The summed E-state index contributed by atoms with van der Waals surface area (Å²) in [6, 6.07) is 11.8.